The first-order valence-electron chi connectivity index (χ1n) is 3.00. The zero-order chi connectivity index (χ0) is 7.40. The Labute approximate surface area is 59.4 Å². The van der Waals surface area contributed by atoms with E-state index in [2.05, 4.69) is 16.0 Å². The monoisotopic (exact) mass is 133 g/mol. The third-order valence-electron chi connectivity index (χ3n) is 1.22. The van der Waals surface area contributed by atoms with E-state index in [-0.39, 0.29) is 5.92 Å². The molecule has 1 atom stereocenters. The van der Waals surface area contributed by atoms with Crippen LogP contribution < -0.4 is 0 Å². The lowest BCUT2D eigenvalue weighted by molar-refractivity contribution is 0.901. The van der Waals surface area contributed by atoms with Crippen LogP contribution in [0.25, 0.3) is 0 Å². The molecular weight excluding hydrogens is 126 g/mol. The van der Waals surface area contributed by atoms with Gasteiger partial charge in [0.1, 0.15) is 0 Å². The fourth-order valence-electron chi connectivity index (χ4n) is 0.600. The quantitative estimate of drug-likeness (QED) is 0.576. The van der Waals surface area contributed by atoms with Crippen LogP contribution in [0.5, 0.6) is 0 Å². The molecule has 0 N–H and O–H groups in total. The maximum absolute atomic E-state index is 8.47. The molecule has 0 radical (unpaired) electrons. The van der Waals surface area contributed by atoms with Crippen LogP contribution in [0.1, 0.15) is 18.5 Å². The van der Waals surface area contributed by atoms with Crippen molar-refractivity contribution in [2.24, 2.45) is 0 Å². The summed E-state index contributed by atoms with van der Waals surface area (Å²) in [5, 5.41) is 8.47. The van der Waals surface area contributed by atoms with Crippen molar-refractivity contribution >= 4 is 0 Å². The molecule has 0 saturated carbocycles. The molecule has 0 spiro atoms. The first-order valence-corrected chi connectivity index (χ1v) is 3.00. The molecule has 1 aromatic rings. The molecule has 3 heteroatoms. The molecule has 0 aromatic carbocycles. The second-order valence-electron chi connectivity index (χ2n) is 1.98. The number of nitrogens with zero attached hydrogens (tertiary/aromatic N) is 3. The maximum atomic E-state index is 8.47. The third kappa shape index (κ3) is 1.29. The zero-order valence-electron chi connectivity index (χ0n) is 5.65. The topological polar surface area (TPSA) is 49.6 Å². The molecule has 0 saturated heterocycles. The Morgan fingerprint density at radius 1 is 1.60 bits per heavy atom. The van der Waals surface area contributed by atoms with E-state index in [9.17, 15) is 0 Å². The summed E-state index contributed by atoms with van der Waals surface area (Å²) in [6, 6.07) is 2.08. The van der Waals surface area contributed by atoms with Crippen molar-refractivity contribution < 1.29 is 0 Å². The van der Waals surface area contributed by atoms with Crippen molar-refractivity contribution in [3.8, 4) is 6.07 Å². The number of rotatable bonds is 1. The summed E-state index contributed by atoms with van der Waals surface area (Å²) in [6.45, 7) is 1.80. The van der Waals surface area contributed by atoms with Gasteiger partial charge in [-0.2, -0.15) is 5.26 Å². The van der Waals surface area contributed by atoms with Gasteiger partial charge < -0.3 is 0 Å². The summed E-state index contributed by atoms with van der Waals surface area (Å²) in [6.07, 6.45) is 4.78. The van der Waals surface area contributed by atoms with Crippen molar-refractivity contribution in [1.82, 2.24) is 9.97 Å². The lowest BCUT2D eigenvalue weighted by Crippen LogP contribution is -1.93. The normalized spacial score (nSPS) is 12.0. The Hall–Kier alpha value is -1.43. The van der Waals surface area contributed by atoms with Crippen molar-refractivity contribution in [1.29, 1.82) is 5.26 Å². The van der Waals surface area contributed by atoms with Crippen LogP contribution in [0.15, 0.2) is 18.6 Å². The highest BCUT2D eigenvalue weighted by Crippen LogP contribution is 2.07. The van der Waals surface area contributed by atoms with Crippen LogP contribution in [0.4, 0.5) is 0 Å². The Kier molecular flexibility index (Phi) is 1.96. The number of hydrogen-bond acceptors (Lipinski definition) is 3. The number of aromatic nitrogens is 2. The average molecular weight is 133 g/mol. The maximum Gasteiger partial charge on any atom is 0.0872 e. The summed E-state index contributed by atoms with van der Waals surface area (Å²) in [5.74, 6) is -0.159. The highest BCUT2D eigenvalue weighted by atomic mass is 14.8. The van der Waals surface area contributed by atoms with Crippen molar-refractivity contribution in [3.63, 3.8) is 0 Å². The van der Waals surface area contributed by atoms with Gasteiger partial charge in [-0.3, -0.25) is 9.97 Å². The highest BCUT2D eigenvalue weighted by Gasteiger charge is 2.02. The van der Waals surface area contributed by atoms with Crippen LogP contribution in [0.3, 0.4) is 0 Å². The van der Waals surface area contributed by atoms with Gasteiger partial charge >= 0.3 is 0 Å². The minimum atomic E-state index is -0.159. The van der Waals surface area contributed by atoms with Crippen LogP contribution >= 0.6 is 0 Å². The minimum Gasteiger partial charge on any atom is -0.261 e. The molecule has 0 unspecified atom stereocenters. The molecule has 10 heavy (non-hydrogen) atoms. The second-order valence-corrected chi connectivity index (χ2v) is 1.98. The third-order valence-corrected chi connectivity index (χ3v) is 1.22. The zero-order valence-corrected chi connectivity index (χ0v) is 5.65. The van der Waals surface area contributed by atoms with Crippen LogP contribution in [0, 0.1) is 11.3 Å². The van der Waals surface area contributed by atoms with E-state index in [1.807, 2.05) is 0 Å². The predicted molar refractivity (Wildman–Crippen MR) is 36.1 cm³/mol. The first-order chi connectivity index (χ1) is 4.84. The van der Waals surface area contributed by atoms with Crippen molar-refractivity contribution in [2.45, 2.75) is 12.8 Å². The van der Waals surface area contributed by atoms with Gasteiger partial charge in [0, 0.05) is 18.6 Å². The summed E-state index contributed by atoms with van der Waals surface area (Å²) in [7, 11) is 0. The Bertz CT molecular complexity index is 237. The SMILES string of the molecule is C[C@@H](C#N)c1cnccn1. The fraction of sp³-hybridized carbons (Fsp3) is 0.286. The highest BCUT2D eigenvalue weighted by molar-refractivity contribution is 5.10. The van der Waals surface area contributed by atoms with E-state index >= 15 is 0 Å². The molecule has 0 fully saturated rings. The van der Waals surface area contributed by atoms with Gasteiger partial charge in [0.05, 0.1) is 17.7 Å². The molecule has 1 aromatic heterocycles. The van der Waals surface area contributed by atoms with Crippen LogP contribution in [0.2, 0.25) is 0 Å². The summed E-state index contributed by atoms with van der Waals surface area (Å²) in [5.41, 5.74) is 0.727. The van der Waals surface area contributed by atoms with E-state index in [1.54, 1.807) is 25.5 Å². The van der Waals surface area contributed by atoms with Crippen molar-refractivity contribution in [2.75, 3.05) is 0 Å². The van der Waals surface area contributed by atoms with Gasteiger partial charge in [0.2, 0.25) is 0 Å². The van der Waals surface area contributed by atoms with E-state index in [1.165, 1.54) is 0 Å². The molecule has 0 aliphatic heterocycles. The Morgan fingerprint density at radius 2 is 2.40 bits per heavy atom. The number of hydrogen-bond donors (Lipinski definition) is 0. The molecular formula is C7H7N3. The first kappa shape index (κ1) is 6.69. The molecule has 0 amide bonds. The minimum absolute atomic E-state index is 0.159. The van der Waals surface area contributed by atoms with Crippen LogP contribution in [-0.2, 0) is 0 Å². The average Bonchev–Trinajstić information content (AvgIpc) is 2.05. The van der Waals surface area contributed by atoms with Gasteiger partial charge in [-0.25, -0.2) is 0 Å². The van der Waals surface area contributed by atoms with E-state index < -0.39 is 0 Å². The van der Waals surface area contributed by atoms with Crippen LogP contribution in [-0.4, -0.2) is 9.97 Å². The van der Waals surface area contributed by atoms with Gasteiger partial charge in [-0.05, 0) is 6.92 Å². The fourth-order valence-corrected chi connectivity index (χ4v) is 0.600. The van der Waals surface area contributed by atoms with Gasteiger partial charge in [-0.15, -0.1) is 0 Å². The molecule has 0 bridgehead atoms. The Balaban J connectivity index is 2.88. The lowest BCUT2D eigenvalue weighted by Gasteiger charge is -1.96. The molecule has 0 aliphatic carbocycles. The van der Waals surface area contributed by atoms with Crippen molar-refractivity contribution in [3.05, 3.63) is 24.3 Å². The Morgan fingerprint density at radius 3 is 2.90 bits per heavy atom. The summed E-state index contributed by atoms with van der Waals surface area (Å²) in [4.78, 5) is 7.80. The molecule has 0 aliphatic rings. The van der Waals surface area contributed by atoms with Gasteiger partial charge in [0.25, 0.3) is 0 Å². The van der Waals surface area contributed by atoms with E-state index in [0.29, 0.717) is 0 Å². The largest absolute Gasteiger partial charge is 0.261 e. The van der Waals surface area contributed by atoms with E-state index in [0.717, 1.165) is 5.69 Å². The van der Waals surface area contributed by atoms with Gasteiger partial charge in [-0.1, -0.05) is 0 Å². The molecule has 3 nitrogen and oxygen atoms in total. The lowest BCUT2D eigenvalue weighted by atomic mass is 10.1. The standard InChI is InChI=1S/C7H7N3/c1-6(4-8)7-5-9-2-3-10-7/h2-3,5-6H,1H3/t6-/m0/s1. The summed E-state index contributed by atoms with van der Waals surface area (Å²) < 4.78 is 0. The smallest absolute Gasteiger partial charge is 0.0872 e. The van der Waals surface area contributed by atoms with E-state index in [4.69, 9.17) is 5.26 Å². The number of nitriles is 1. The summed E-state index contributed by atoms with van der Waals surface area (Å²) >= 11 is 0. The second kappa shape index (κ2) is 2.92. The molecule has 50 valence electrons. The predicted octanol–water partition coefficient (Wildman–Crippen LogP) is 1.10. The molecule has 1 heterocycles. The molecule has 1 rings (SSSR count). The van der Waals surface area contributed by atoms with Gasteiger partial charge in [0.15, 0.2) is 0 Å².